The van der Waals surface area contributed by atoms with Crippen molar-refractivity contribution in [1.29, 1.82) is 0 Å². The van der Waals surface area contributed by atoms with Crippen LogP contribution < -0.4 is 0 Å². The van der Waals surface area contributed by atoms with E-state index in [4.69, 9.17) is 0 Å². The molecule has 0 bridgehead atoms. The first-order valence-corrected chi connectivity index (χ1v) is 7.50. The van der Waals surface area contributed by atoms with E-state index in [0.717, 1.165) is 5.69 Å². The molecule has 3 nitrogen and oxygen atoms in total. The second kappa shape index (κ2) is 6.16. The number of rotatable bonds is 4. The van der Waals surface area contributed by atoms with Gasteiger partial charge in [-0.3, -0.25) is 4.79 Å². The van der Waals surface area contributed by atoms with Crippen molar-refractivity contribution >= 4 is 5.78 Å². The summed E-state index contributed by atoms with van der Waals surface area (Å²) in [6, 6.07) is 13.2. The lowest BCUT2D eigenvalue weighted by Gasteiger charge is -2.14. The summed E-state index contributed by atoms with van der Waals surface area (Å²) >= 11 is 0. The van der Waals surface area contributed by atoms with Gasteiger partial charge in [0, 0.05) is 23.0 Å². The van der Waals surface area contributed by atoms with Gasteiger partial charge in [0.2, 0.25) is 0 Å². The Labute approximate surface area is 134 Å². The summed E-state index contributed by atoms with van der Waals surface area (Å²) in [4.78, 5) is 17.0. The van der Waals surface area contributed by atoms with Crippen LogP contribution in [0.3, 0.4) is 0 Å². The van der Waals surface area contributed by atoms with E-state index in [1.54, 1.807) is 42.9 Å². The number of halogens is 1. The molecule has 2 aromatic carbocycles. The van der Waals surface area contributed by atoms with Crippen LogP contribution in [-0.2, 0) is 0 Å². The lowest BCUT2D eigenvalue weighted by atomic mass is 10.0. The molecule has 1 heterocycles. The quantitative estimate of drug-likeness (QED) is 0.671. The maximum absolute atomic E-state index is 13.7. The number of ketones is 1. The molecule has 0 N–H and O–H groups in total. The summed E-state index contributed by atoms with van der Waals surface area (Å²) in [7, 11) is 0. The van der Waals surface area contributed by atoms with Crippen LogP contribution in [0.25, 0.3) is 5.69 Å². The summed E-state index contributed by atoms with van der Waals surface area (Å²) in [6.07, 6.45) is 3.43. The van der Waals surface area contributed by atoms with Crippen molar-refractivity contribution < 1.29 is 9.18 Å². The molecule has 3 rings (SSSR count). The molecule has 0 saturated carbocycles. The van der Waals surface area contributed by atoms with E-state index in [9.17, 15) is 9.18 Å². The SMILES string of the molecule is CC(C)c1cncn1-c1ccc(F)cc1C(=O)c1ccccc1. The molecule has 3 aromatic rings. The second-order valence-corrected chi connectivity index (χ2v) is 5.70. The highest BCUT2D eigenvalue weighted by molar-refractivity contribution is 6.11. The van der Waals surface area contributed by atoms with Crippen LogP contribution in [0.5, 0.6) is 0 Å². The first-order valence-electron chi connectivity index (χ1n) is 7.50. The fourth-order valence-electron chi connectivity index (χ4n) is 2.58. The lowest BCUT2D eigenvalue weighted by molar-refractivity contribution is 0.103. The third-order valence-electron chi connectivity index (χ3n) is 3.76. The Balaban J connectivity index is 2.16. The average Bonchev–Trinajstić information content (AvgIpc) is 3.04. The normalized spacial score (nSPS) is 11.0. The van der Waals surface area contributed by atoms with E-state index in [2.05, 4.69) is 18.8 Å². The average molecular weight is 308 g/mol. The minimum atomic E-state index is -0.431. The van der Waals surface area contributed by atoms with Crippen LogP contribution in [0, 0.1) is 5.82 Å². The van der Waals surface area contributed by atoms with Crippen LogP contribution in [0.15, 0.2) is 61.1 Å². The molecule has 116 valence electrons. The van der Waals surface area contributed by atoms with E-state index in [1.165, 1.54) is 12.1 Å². The highest BCUT2D eigenvalue weighted by Crippen LogP contribution is 2.24. The standard InChI is InChI=1S/C19H17FN2O/c1-13(2)18-11-21-12-22(18)17-9-8-15(20)10-16(17)19(23)14-6-4-3-5-7-14/h3-13H,1-2H3. The molecular weight excluding hydrogens is 291 g/mol. The Hall–Kier alpha value is -2.75. The van der Waals surface area contributed by atoms with Gasteiger partial charge in [0.25, 0.3) is 0 Å². The van der Waals surface area contributed by atoms with Crippen LogP contribution in [0.4, 0.5) is 4.39 Å². The van der Waals surface area contributed by atoms with Crippen molar-refractivity contribution in [2.75, 3.05) is 0 Å². The van der Waals surface area contributed by atoms with Gasteiger partial charge in [0.05, 0.1) is 12.0 Å². The minimum Gasteiger partial charge on any atom is -0.302 e. The van der Waals surface area contributed by atoms with Crippen molar-refractivity contribution in [2.24, 2.45) is 0 Å². The van der Waals surface area contributed by atoms with Gasteiger partial charge in [0.1, 0.15) is 5.82 Å². The van der Waals surface area contributed by atoms with Gasteiger partial charge in [-0.05, 0) is 24.1 Å². The second-order valence-electron chi connectivity index (χ2n) is 5.70. The summed E-state index contributed by atoms with van der Waals surface area (Å²) in [5.74, 6) is -0.398. The number of carbonyl (C=O) groups is 1. The number of hydrogen-bond donors (Lipinski definition) is 0. The molecule has 0 spiro atoms. The van der Waals surface area contributed by atoms with Crippen molar-refractivity contribution in [2.45, 2.75) is 19.8 Å². The van der Waals surface area contributed by atoms with Gasteiger partial charge in [-0.15, -0.1) is 0 Å². The fourth-order valence-corrected chi connectivity index (χ4v) is 2.58. The smallest absolute Gasteiger partial charge is 0.195 e. The Morgan fingerprint density at radius 2 is 1.87 bits per heavy atom. The fraction of sp³-hybridized carbons (Fsp3) is 0.158. The molecule has 1 aromatic heterocycles. The summed E-state index contributed by atoms with van der Waals surface area (Å²) in [5, 5.41) is 0. The zero-order valence-electron chi connectivity index (χ0n) is 13.0. The maximum atomic E-state index is 13.7. The number of nitrogens with zero attached hydrogens (tertiary/aromatic N) is 2. The van der Waals surface area contributed by atoms with E-state index in [1.807, 2.05) is 10.6 Å². The summed E-state index contributed by atoms with van der Waals surface area (Å²) in [6.45, 7) is 4.10. The number of imidazole rings is 1. The highest BCUT2D eigenvalue weighted by Gasteiger charge is 2.18. The summed E-state index contributed by atoms with van der Waals surface area (Å²) < 4.78 is 15.6. The Morgan fingerprint density at radius 3 is 2.57 bits per heavy atom. The molecule has 0 saturated heterocycles. The zero-order valence-corrected chi connectivity index (χ0v) is 13.0. The number of carbonyl (C=O) groups excluding carboxylic acids is 1. The first kappa shape index (κ1) is 15.2. The monoisotopic (exact) mass is 308 g/mol. The van der Waals surface area contributed by atoms with E-state index in [0.29, 0.717) is 16.8 Å². The predicted molar refractivity (Wildman–Crippen MR) is 87.5 cm³/mol. The maximum Gasteiger partial charge on any atom is 0.195 e. The number of aromatic nitrogens is 2. The molecule has 0 unspecified atom stereocenters. The number of hydrogen-bond acceptors (Lipinski definition) is 2. The minimum absolute atomic E-state index is 0.205. The van der Waals surface area contributed by atoms with Gasteiger partial charge in [0.15, 0.2) is 5.78 Å². The van der Waals surface area contributed by atoms with E-state index in [-0.39, 0.29) is 11.7 Å². The third-order valence-corrected chi connectivity index (χ3v) is 3.76. The Bertz CT molecular complexity index is 838. The van der Waals surface area contributed by atoms with Crippen LogP contribution >= 0.6 is 0 Å². The Kier molecular flexibility index (Phi) is 4.06. The molecule has 0 aliphatic heterocycles. The van der Waals surface area contributed by atoms with Crippen LogP contribution in [0.1, 0.15) is 41.4 Å². The molecule has 0 aliphatic carbocycles. The van der Waals surface area contributed by atoms with Gasteiger partial charge < -0.3 is 4.57 Å². The molecule has 0 fully saturated rings. The molecule has 0 aliphatic rings. The van der Waals surface area contributed by atoms with Gasteiger partial charge in [-0.2, -0.15) is 0 Å². The van der Waals surface area contributed by atoms with Gasteiger partial charge >= 0.3 is 0 Å². The van der Waals surface area contributed by atoms with Gasteiger partial charge in [-0.1, -0.05) is 44.2 Å². The predicted octanol–water partition coefficient (Wildman–Crippen LogP) is 4.37. The van der Waals surface area contributed by atoms with E-state index >= 15 is 0 Å². The lowest BCUT2D eigenvalue weighted by Crippen LogP contribution is -2.10. The molecule has 0 radical (unpaired) electrons. The summed E-state index contributed by atoms with van der Waals surface area (Å²) in [5.41, 5.74) is 2.47. The first-order chi connectivity index (χ1) is 11.1. The van der Waals surface area contributed by atoms with Crippen molar-refractivity contribution in [3.05, 3.63) is 83.7 Å². The molecule has 4 heteroatoms. The number of benzene rings is 2. The molecule has 23 heavy (non-hydrogen) atoms. The van der Waals surface area contributed by atoms with E-state index < -0.39 is 5.82 Å². The van der Waals surface area contributed by atoms with Gasteiger partial charge in [-0.25, -0.2) is 9.37 Å². The zero-order chi connectivity index (χ0) is 16.4. The third kappa shape index (κ3) is 2.93. The van der Waals surface area contributed by atoms with Crippen molar-refractivity contribution in [1.82, 2.24) is 9.55 Å². The van der Waals surface area contributed by atoms with Crippen molar-refractivity contribution in [3.8, 4) is 5.69 Å². The molecule has 0 amide bonds. The van der Waals surface area contributed by atoms with Crippen molar-refractivity contribution in [3.63, 3.8) is 0 Å². The van der Waals surface area contributed by atoms with Crippen LogP contribution in [0.2, 0.25) is 0 Å². The topological polar surface area (TPSA) is 34.9 Å². The Morgan fingerprint density at radius 1 is 1.13 bits per heavy atom. The molecule has 0 atom stereocenters. The largest absolute Gasteiger partial charge is 0.302 e. The highest BCUT2D eigenvalue weighted by atomic mass is 19.1. The molecular formula is C19H17FN2O. The van der Waals surface area contributed by atoms with Crippen LogP contribution in [-0.4, -0.2) is 15.3 Å².